The molecular formula is C18H24N2O4. The van der Waals surface area contributed by atoms with Crippen LogP contribution in [0, 0.1) is 5.92 Å². The molecule has 2 unspecified atom stereocenters. The lowest BCUT2D eigenvalue weighted by molar-refractivity contribution is -0.136. The van der Waals surface area contributed by atoms with Crippen LogP contribution in [0.3, 0.4) is 0 Å². The molecule has 3 rings (SSSR count). The Morgan fingerprint density at radius 3 is 2.79 bits per heavy atom. The van der Waals surface area contributed by atoms with Gasteiger partial charge in [0.15, 0.2) is 0 Å². The SMILES string of the molecule is COc1ccc2c(c1)OCC(C(=O)NC(C)C(=O)N1CCCC1)C2. The first-order valence-corrected chi connectivity index (χ1v) is 8.47. The second kappa shape index (κ2) is 7.11. The first-order valence-electron chi connectivity index (χ1n) is 8.47. The summed E-state index contributed by atoms with van der Waals surface area (Å²) in [4.78, 5) is 26.6. The van der Waals surface area contributed by atoms with Crippen molar-refractivity contribution in [3.05, 3.63) is 23.8 Å². The number of carbonyl (C=O) groups excluding carboxylic acids is 2. The molecule has 1 saturated heterocycles. The van der Waals surface area contributed by atoms with Crippen molar-refractivity contribution in [2.24, 2.45) is 5.92 Å². The third-order valence-corrected chi connectivity index (χ3v) is 4.70. The van der Waals surface area contributed by atoms with Gasteiger partial charge in [0.25, 0.3) is 0 Å². The molecule has 0 radical (unpaired) electrons. The van der Waals surface area contributed by atoms with Gasteiger partial charge in [0, 0.05) is 19.2 Å². The lowest BCUT2D eigenvalue weighted by Crippen LogP contribution is -2.49. The Labute approximate surface area is 142 Å². The van der Waals surface area contributed by atoms with Crippen LogP contribution < -0.4 is 14.8 Å². The third kappa shape index (κ3) is 3.47. The summed E-state index contributed by atoms with van der Waals surface area (Å²) >= 11 is 0. The monoisotopic (exact) mass is 332 g/mol. The molecule has 2 aliphatic rings. The van der Waals surface area contributed by atoms with Crippen LogP contribution in [0.4, 0.5) is 0 Å². The van der Waals surface area contributed by atoms with Crippen LogP contribution in [0.5, 0.6) is 11.5 Å². The molecule has 0 bridgehead atoms. The summed E-state index contributed by atoms with van der Waals surface area (Å²) in [5.74, 6) is 1.10. The number of carbonyl (C=O) groups is 2. The van der Waals surface area contributed by atoms with Crippen LogP contribution >= 0.6 is 0 Å². The summed E-state index contributed by atoms with van der Waals surface area (Å²) in [6, 6.07) is 5.13. The van der Waals surface area contributed by atoms with Crippen molar-refractivity contribution in [3.8, 4) is 11.5 Å². The van der Waals surface area contributed by atoms with Crippen LogP contribution in [0.2, 0.25) is 0 Å². The van der Waals surface area contributed by atoms with Crippen molar-refractivity contribution in [2.75, 3.05) is 26.8 Å². The number of hydrogen-bond donors (Lipinski definition) is 1. The number of nitrogens with one attached hydrogen (secondary N) is 1. The van der Waals surface area contributed by atoms with Crippen LogP contribution in [0.25, 0.3) is 0 Å². The number of amides is 2. The van der Waals surface area contributed by atoms with Gasteiger partial charge in [0.2, 0.25) is 11.8 Å². The average molecular weight is 332 g/mol. The maximum absolute atomic E-state index is 12.5. The Morgan fingerprint density at radius 1 is 1.33 bits per heavy atom. The molecule has 2 atom stereocenters. The number of likely N-dealkylation sites (tertiary alicyclic amines) is 1. The fourth-order valence-corrected chi connectivity index (χ4v) is 3.25. The molecule has 0 aromatic heterocycles. The quantitative estimate of drug-likeness (QED) is 0.904. The van der Waals surface area contributed by atoms with Gasteiger partial charge in [-0.2, -0.15) is 0 Å². The van der Waals surface area contributed by atoms with E-state index < -0.39 is 6.04 Å². The largest absolute Gasteiger partial charge is 0.497 e. The molecule has 2 amide bonds. The fourth-order valence-electron chi connectivity index (χ4n) is 3.25. The molecular weight excluding hydrogens is 308 g/mol. The molecule has 1 aromatic rings. The van der Waals surface area contributed by atoms with Crippen molar-refractivity contribution in [3.63, 3.8) is 0 Å². The fraction of sp³-hybridized carbons (Fsp3) is 0.556. The number of hydrogen-bond acceptors (Lipinski definition) is 4. The first-order chi connectivity index (χ1) is 11.6. The highest BCUT2D eigenvalue weighted by Gasteiger charge is 2.30. The normalized spacial score (nSPS) is 20.8. The summed E-state index contributed by atoms with van der Waals surface area (Å²) in [7, 11) is 1.61. The molecule has 0 saturated carbocycles. The van der Waals surface area contributed by atoms with E-state index in [0.717, 1.165) is 43.0 Å². The van der Waals surface area contributed by atoms with E-state index in [1.165, 1.54) is 0 Å². The summed E-state index contributed by atoms with van der Waals surface area (Å²) in [6.07, 6.45) is 2.70. The molecule has 130 valence electrons. The second-order valence-electron chi connectivity index (χ2n) is 6.45. The molecule has 1 N–H and O–H groups in total. The Kier molecular flexibility index (Phi) is 4.92. The van der Waals surface area contributed by atoms with E-state index in [1.807, 2.05) is 23.1 Å². The number of methoxy groups -OCH3 is 1. The van der Waals surface area contributed by atoms with Gasteiger partial charge in [-0.25, -0.2) is 0 Å². The minimum Gasteiger partial charge on any atom is -0.497 e. The predicted molar refractivity (Wildman–Crippen MR) is 89.1 cm³/mol. The number of ether oxygens (including phenoxy) is 2. The molecule has 24 heavy (non-hydrogen) atoms. The van der Waals surface area contributed by atoms with Gasteiger partial charge in [-0.1, -0.05) is 6.07 Å². The molecule has 1 aromatic carbocycles. The summed E-state index contributed by atoms with van der Waals surface area (Å²) in [6.45, 7) is 3.65. The highest BCUT2D eigenvalue weighted by molar-refractivity contribution is 5.88. The topological polar surface area (TPSA) is 67.9 Å². The van der Waals surface area contributed by atoms with E-state index in [1.54, 1.807) is 14.0 Å². The Morgan fingerprint density at radius 2 is 2.08 bits per heavy atom. The lowest BCUT2D eigenvalue weighted by atomic mass is 9.95. The molecule has 2 aliphatic heterocycles. The molecule has 0 spiro atoms. The predicted octanol–water partition coefficient (Wildman–Crippen LogP) is 1.37. The number of fused-ring (bicyclic) bond motifs is 1. The Bertz CT molecular complexity index is 625. The van der Waals surface area contributed by atoms with Crippen molar-refractivity contribution >= 4 is 11.8 Å². The molecule has 1 fully saturated rings. The van der Waals surface area contributed by atoms with Crippen LogP contribution in [0.15, 0.2) is 18.2 Å². The Balaban J connectivity index is 1.58. The van der Waals surface area contributed by atoms with E-state index in [2.05, 4.69) is 5.32 Å². The van der Waals surface area contributed by atoms with E-state index in [-0.39, 0.29) is 17.7 Å². The number of benzene rings is 1. The van der Waals surface area contributed by atoms with Gasteiger partial charge in [-0.3, -0.25) is 9.59 Å². The zero-order chi connectivity index (χ0) is 17.1. The summed E-state index contributed by atoms with van der Waals surface area (Å²) in [5, 5.41) is 2.84. The van der Waals surface area contributed by atoms with Crippen LogP contribution in [-0.2, 0) is 16.0 Å². The highest BCUT2D eigenvalue weighted by Crippen LogP contribution is 2.31. The maximum atomic E-state index is 12.5. The van der Waals surface area contributed by atoms with Crippen molar-refractivity contribution in [1.29, 1.82) is 0 Å². The minimum atomic E-state index is -0.493. The van der Waals surface area contributed by atoms with E-state index >= 15 is 0 Å². The van der Waals surface area contributed by atoms with E-state index in [0.29, 0.717) is 13.0 Å². The molecule has 6 nitrogen and oxygen atoms in total. The smallest absolute Gasteiger partial charge is 0.244 e. The Hall–Kier alpha value is -2.24. The third-order valence-electron chi connectivity index (χ3n) is 4.70. The summed E-state index contributed by atoms with van der Waals surface area (Å²) in [5.41, 5.74) is 0.987. The van der Waals surface area contributed by atoms with Gasteiger partial charge >= 0.3 is 0 Å². The standard InChI is InChI=1S/C18H24N2O4/c1-12(18(22)20-7-3-4-8-20)19-17(21)14-9-13-5-6-15(23-2)10-16(13)24-11-14/h5-6,10,12,14H,3-4,7-9,11H2,1-2H3,(H,19,21). The molecule has 2 heterocycles. The zero-order valence-electron chi connectivity index (χ0n) is 14.2. The second-order valence-corrected chi connectivity index (χ2v) is 6.45. The van der Waals surface area contributed by atoms with E-state index in [9.17, 15) is 9.59 Å². The van der Waals surface area contributed by atoms with Gasteiger partial charge in [0.1, 0.15) is 24.1 Å². The van der Waals surface area contributed by atoms with Gasteiger partial charge < -0.3 is 19.7 Å². The van der Waals surface area contributed by atoms with Crippen LogP contribution in [0.1, 0.15) is 25.3 Å². The van der Waals surface area contributed by atoms with Crippen molar-refractivity contribution in [2.45, 2.75) is 32.2 Å². The van der Waals surface area contributed by atoms with Crippen LogP contribution in [-0.4, -0.2) is 49.6 Å². The highest BCUT2D eigenvalue weighted by atomic mass is 16.5. The van der Waals surface area contributed by atoms with Gasteiger partial charge in [0.05, 0.1) is 13.0 Å². The average Bonchev–Trinajstić information content (AvgIpc) is 3.14. The minimum absolute atomic E-state index is 0.00251. The lowest BCUT2D eigenvalue weighted by Gasteiger charge is -2.27. The van der Waals surface area contributed by atoms with Gasteiger partial charge in [-0.15, -0.1) is 0 Å². The summed E-state index contributed by atoms with van der Waals surface area (Å²) < 4.78 is 10.9. The van der Waals surface area contributed by atoms with Crippen molar-refractivity contribution in [1.82, 2.24) is 10.2 Å². The van der Waals surface area contributed by atoms with Gasteiger partial charge in [-0.05, 0) is 37.8 Å². The zero-order valence-corrected chi connectivity index (χ0v) is 14.2. The van der Waals surface area contributed by atoms with Crippen molar-refractivity contribution < 1.29 is 19.1 Å². The van der Waals surface area contributed by atoms with E-state index in [4.69, 9.17) is 9.47 Å². The molecule has 6 heteroatoms. The number of nitrogens with zero attached hydrogens (tertiary/aromatic N) is 1. The maximum Gasteiger partial charge on any atom is 0.244 e. The number of rotatable bonds is 4. The molecule has 0 aliphatic carbocycles. The first kappa shape index (κ1) is 16.6.